The van der Waals surface area contributed by atoms with Crippen LogP contribution in [0.25, 0.3) is 11.0 Å². The van der Waals surface area contributed by atoms with E-state index in [4.69, 9.17) is 9.84 Å². The minimum Gasteiger partial charge on any atom is -0.394 e. The number of nitrogens with zero attached hydrogens (tertiary/aromatic N) is 4. The van der Waals surface area contributed by atoms with Crippen LogP contribution in [0, 0.1) is 0 Å². The molecular formula is C13H18N4O4. The van der Waals surface area contributed by atoms with Gasteiger partial charge in [0.25, 0.3) is 0 Å². The zero-order valence-electron chi connectivity index (χ0n) is 11.8. The summed E-state index contributed by atoms with van der Waals surface area (Å²) < 4.78 is 6.92. The Morgan fingerprint density at radius 2 is 2.10 bits per heavy atom. The van der Waals surface area contributed by atoms with E-state index in [-0.39, 0.29) is 6.61 Å². The molecule has 0 spiro atoms. The van der Waals surface area contributed by atoms with Crippen LogP contribution in [-0.2, 0) is 4.74 Å². The Labute approximate surface area is 121 Å². The van der Waals surface area contributed by atoms with Gasteiger partial charge in [-0.1, -0.05) is 0 Å². The molecule has 3 N–H and O–H groups in total. The molecule has 1 fully saturated rings. The molecular weight excluding hydrogens is 276 g/mol. The molecule has 3 heterocycles. The van der Waals surface area contributed by atoms with Crippen LogP contribution in [0.1, 0.15) is 6.23 Å². The van der Waals surface area contributed by atoms with Crippen LogP contribution in [0.2, 0.25) is 0 Å². The summed E-state index contributed by atoms with van der Waals surface area (Å²) in [6.07, 6.45) is -0.740. The maximum Gasteiger partial charge on any atom is 0.181 e. The third kappa shape index (κ3) is 2.16. The maximum absolute atomic E-state index is 10.1. The normalized spacial score (nSPS) is 29.2. The molecule has 0 bridgehead atoms. The number of fused-ring (bicyclic) bond motifs is 1. The summed E-state index contributed by atoms with van der Waals surface area (Å²) in [6.45, 7) is -0.371. The Morgan fingerprint density at radius 1 is 1.33 bits per heavy atom. The van der Waals surface area contributed by atoms with E-state index >= 15 is 0 Å². The molecule has 1 aliphatic heterocycles. The first-order valence-electron chi connectivity index (χ1n) is 6.66. The summed E-state index contributed by atoms with van der Waals surface area (Å²) in [7, 11) is 3.83. The van der Waals surface area contributed by atoms with Gasteiger partial charge < -0.3 is 25.0 Å². The van der Waals surface area contributed by atoms with Gasteiger partial charge in [0.1, 0.15) is 18.3 Å². The average Bonchev–Trinajstić information content (AvgIpc) is 3.01. The first-order chi connectivity index (χ1) is 10.0. The van der Waals surface area contributed by atoms with E-state index in [9.17, 15) is 10.2 Å². The lowest BCUT2D eigenvalue weighted by molar-refractivity contribution is -0.0566. The fourth-order valence-electron chi connectivity index (χ4n) is 2.59. The molecule has 21 heavy (non-hydrogen) atoms. The highest BCUT2D eigenvalue weighted by atomic mass is 16.6. The van der Waals surface area contributed by atoms with Crippen molar-refractivity contribution in [3.63, 3.8) is 0 Å². The number of ether oxygens (including phenoxy) is 1. The lowest BCUT2D eigenvalue weighted by atomic mass is 10.1. The molecule has 3 rings (SSSR count). The van der Waals surface area contributed by atoms with Gasteiger partial charge in [-0.2, -0.15) is 5.10 Å². The van der Waals surface area contributed by atoms with Crippen molar-refractivity contribution in [1.29, 1.82) is 0 Å². The van der Waals surface area contributed by atoms with Crippen molar-refractivity contribution < 1.29 is 20.1 Å². The van der Waals surface area contributed by atoms with Crippen molar-refractivity contribution >= 4 is 16.7 Å². The van der Waals surface area contributed by atoms with Crippen molar-refractivity contribution in [2.24, 2.45) is 0 Å². The predicted molar refractivity (Wildman–Crippen MR) is 74.9 cm³/mol. The molecule has 4 atom stereocenters. The van der Waals surface area contributed by atoms with Gasteiger partial charge in [-0.3, -0.25) is 0 Å². The summed E-state index contributed by atoms with van der Waals surface area (Å²) in [4.78, 5) is 6.22. The number of aliphatic hydroxyl groups is 3. The zero-order valence-corrected chi connectivity index (χ0v) is 11.8. The van der Waals surface area contributed by atoms with Crippen LogP contribution in [-0.4, -0.2) is 69.1 Å². The molecule has 0 amide bonds. The van der Waals surface area contributed by atoms with Crippen LogP contribution in [0.4, 0.5) is 5.69 Å². The second kappa shape index (κ2) is 5.23. The molecule has 0 saturated carbocycles. The monoisotopic (exact) mass is 294 g/mol. The van der Waals surface area contributed by atoms with Gasteiger partial charge in [0.15, 0.2) is 11.9 Å². The van der Waals surface area contributed by atoms with E-state index in [2.05, 4.69) is 10.1 Å². The highest BCUT2D eigenvalue weighted by Crippen LogP contribution is 2.32. The number of aliphatic hydroxyl groups excluding tert-OH is 3. The van der Waals surface area contributed by atoms with Crippen LogP contribution in [0.3, 0.4) is 0 Å². The topological polar surface area (TPSA) is 104 Å². The van der Waals surface area contributed by atoms with Gasteiger partial charge in [-0.25, -0.2) is 9.67 Å². The number of hydrogen-bond donors (Lipinski definition) is 3. The Balaban J connectivity index is 2.04. The third-order valence-electron chi connectivity index (χ3n) is 3.71. The van der Waals surface area contributed by atoms with Gasteiger partial charge in [0.2, 0.25) is 0 Å². The summed E-state index contributed by atoms with van der Waals surface area (Å²) in [5, 5.41) is 34.1. The van der Waals surface area contributed by atoms with Crippen molar-refractivity contribution in [3.8, 4) is 0 Å². The minimum atomic E-state index is -1.17. The Morgan fingerprint density at radius 3 is 2.71 bits per heavy atom. The molecule has 114 valence electrons. The van der Waals surface area contributed by atoms with E-state index in [1.54, 1.807) is 12.4 Å². The molecule has 8 heteroatoms. The molecule has 0 aliphatic carbocycles. The maximum atomic E-state index is 10.1. The van der Waals surface area contributed by atoms with Crippen LogP contribution in [0.15, 0.2) is 18.5 Å². The lowest BCUT2D eigenvalue weighted by Crippen LogP contribution is -2.33. The summed E-state index contributed by atoms with van der Waals surface area (Å²) in [6, 6.07) is 1.87. The van der Waals surface area contributed by atoms with Gasteiger partial charge in [-0.05, 0) is 6.07 Å². The second-order valence-corrected chi connectivity index (χ2v) is 5.28. The SMILES string of the molecule is CN(C)c1ccnc2c1cnn2C1OC(CO)C(O)C1O. The van der Waals surface area contributed by atoms with Crippen molar-refractivity contribution in [2.75, 3.05) is 25.6 Å². The molecule has 1 aliphatic rings. The predicted octanol–water partition coefficient (Wildman–Crippen LogP) is -0.891. The first-order valence-corrected chi connectivity index (χ1v) is 6.66. The molecule has 1 saturated heterocycles. The first kappa shape index (κ1) is 14.2. The summed E-state index contributed by atoms with van der Waals surface area (Å²) in [5.41, 5.74) is 1.49. The molecule has 8 nitrogen and oxygen atoms in total. The Hall–Kier alpha value is -1.74. The average molecular weight is 294 g/mol. The molecule has 0 radical (unpaired) electrons. The molecule has 4 unspecified atom stereocenters. The third-order valence-corrected chi connectivity index (χ3v) is 3.71. The van der Waals surface area contributed by atoms with E-state index in [1.165, 1.54) is 4.68 Å². The highest BCUT2D eigenvalue weighted by molar-refractivity contribution is 5.88. The molecule has 2 aromatic rings. The largest absolute Gasteiger partial charge is 0.394 e. The second-order valence-electron chi connectivity index (χ2n) is 5.28. The van der Waals surface area contributed by atoms with Crippen LogP contribution < -0.4 is 4.90 Å². The smallest absolute Gasteiger partial charge is 0.181 e. The van der Waals surface area contributed by atoms with Gasteiger partial charge in [0.05, 0.1) is 23.9 Å². The number of aromatic nitrogens is 3. The lowest BCUT2D eigenvalue weighted by Gasteiger charge is -2.16. The van der Waals surface area contributed by atoms with Gasteiger partial charge in [-0.15, -0.1) is 0 Å². The fraction of sp³-hybridized carbons (Fsp3) is 0.538. The van der Waals surface area contributed by atoms with Crippen LogP contribution in [0.5, 0.6) is 0 Å². The van der Waals surface area contributed by atoms with Crippen LogP contribution >= 0.6 is 0 Å². The fourth-order valence-corrected chi connectivity index (χ4v) is 2.59. The van der Waals surface area contributed by atoms with Crippen molar-refractivity contribution in [2.45, 2.75) is 24.5 Å². The van der Waals surface area contributed by atoms with E-state index in [0.29, 0.717) is 5.65 Å². The van der Waals surface area contributed by atoms with Gasteiger partial charge in [0, 0.05) is 20.3 Å². The van der Waals surface area contributed by atoms with Crippen molar-refractivity contribution in [1.82, 2.24) is 14.8 Å². The number of hydrogen-bond acceptors (Lipinski definition) is 7. The Kier molecular flexibility index (Phi) is 3.54. The summed E-state index contributed by atoms with van der Waals surface area (Å²) in [5.74, 6) is 0. The van der Waals surface area contributed by atoms with E-state index in [1.807, 2.05) is 25.1 Å². The van der Waals surface area contributed by atoms with E-state index < -0.39 is 24.5 Å². The van der Waals surface area contributed by atoms with E-state index in [0.717, 1.165) is 11.1 Å². The molecule has 0 aromatic carbocycles. The number of rotatable bonds is 3. The summed E-state index contributed by atoms with van der Waals surface area (Å²) >= 11 is 0. The van der Waals surface area contributed by atoms with Gasteiger partial charge >= 0.3 is 0 Å². The van der Waals surface area contributed by atoms with Crippen molar-refractivity contribution in [3.05, 3.63) is 18.5 Å². The quantitative estimate of drug-likeness (QED) is 0.674. The number of pyridine rings is 1. The number of anilines is 1. The minimum absolute atomic E-state index is 0.371. The standard InChI is InChI=1S/C13H18N4O4/c1-16(2)8-3-4-14-12-7(8)5-15-17(12)13-11(20)10(19)9(6-18)21-13/h3-5,9-11,13,18-20H,6H2,1-2H3. The molecule has 2 aromatic heterocycles. The zero-order chi connectivity index (χ0) is 15.1. The highest BCUT2D eigenvalue weighted by Gasteiger charge is 2.44. The Bertz CT molecular complexity index is 644.